The minimum Gasteiger partial charge on any atom is -0.508 e. The Morgan fingerprint density at radius 1 is 0.950 bits per heavy atom. The largest absolute Gasteiger partial charge is 0.508 e. The maximum Gasteiger partial charge on any atom is 0.115 e. The summed E-state index contributed by atoms with van der Waals surface area (Å²) < 4.78 is 0. The van der Waals surface area contributed by atoms with Crippen LogP contribution in [0.2, 0.25) is 0 Å². The molecule has 1 aliphatic carbocycles. The third-order valence-corrected chi connectivity index (χ3v) is 5.70. The lowest BCUT2D eigenvalue weighted by Crippen LogP contribution is -2.42. The van der Waals surface area contributed by atoms with Gasteiger partial charge in [0.1, 0.15) is 5.75 Å². The fraction of sp³-hybridized carbons (Fsp3) is 0.667. The molecule has 1 atom stereocenters. The summed E-state index contributed by atoms with van der Waals surface area (Å²) in [6, 6.07) is 8.20. The molecular weight excluding hydrogens is 246 g/mol. The molecule has 1 saturated heterocycles. The lowest BCUT2D eigenvalue weighted by molar-refractivity contribution is 0.0487. The molecule has 1 aromatic rings. The van der Waals surface area contributed by atoms with E-state index in [1.807, 2.05) is 0 Å². The topological polar surface area (TPSA) is 23.5 Å². The van der Waals surface area contributed by atoms with E-state index in [2.05, 4.69) is 24.0 Å². The number of phenols is 1. The van der Waals surface area contributed by atoms with E-state index in [0.717, 1.165) is 0 Å². The lowest BCUT2D eigenvalue weighted by atomic mass is 9.68. The number of rotatable bonds is 2. The Hall–Kier alpha value is -1.02. The minimum absolute atomic E-state index is 0.362. The van der Waals surface area contributed by atoms with Crippen molar-refractivity contribution in [2.24, 2.45) is 5.41 Å². The number of piperidine rings is 1. The highest BCUT2D eigenvalue weighted by Gasteiger charge is 2.36. The van der Waals surface area contributed by atoms with Gasteiger partial charge in [-0.1, -0.05) is 31.4 Å². The van der Waals surface area contributed by atoms with Gasteiger partial charge in [-0.05, 0) is 68.8 Å². The first-order valence-corrected chi connectivity index (χ1v) is 8.22. The van der Waals surface area contributed by atoms with E-state index in [1.165, 1.54) is 63.6 Å². The zero-order valence-electron chi connectivity index (χ0n) is 12.6. The molecule has 1 heterocycles. The smallest absolute Gasteiger partial charge is 0.115 e. The van der Waals surface area contributed by atoms with Gasteiger partial charge in [0.2, 0.25) is 0 Å². The first kappa shape index (κ1) is 13.9. The first-order valence-electron chi connectivity index (χ1n) is 8.22. The van der Waals surface area contributed by atoms with Gasteiger partial charge in [0.15, 0.2) is 0 Å². The van der Waals surface area contributed by atoms with Crippen molar-refractivity contribution in [3.8, 4) is 5.75 Å². The molecule has 1 aliphatic heterocycles. The van der Waals surface area contributed by atoms with E-state index in [1.54, 1.807) is 12.1 Å². The van der Waals surface area contributed by atoms with Crippen molar-refractivity contribution < 1.29 is 5.11 Å². The fourth-order valence-electron chi connectivity index (χ4n) is 4.15. The molecule has 1 saturated carbocycles. The number of benzene rings is 1. The van der Waals surface area contributed by atoms with Gasteiger partial charge in [0, 0.05) is 6.04 Å². The standard InChI is InChI=1S/C18H27NO/c1-15(16-5-7-17(20)8-6-16)19-13-11-18(12-14-19)9-3-2-4-10-18/h5-8,15,20H,2-4,9-14H2,1H3. The van der Waals surface area contributed by atoms with Crippen molar-refractivity contribution >= 4 is 0 Å². The monoisotopic (exact) mass is 273 g/mol. The van der Waals surface area contributed by atoms with Crippen molar-refractivity contribution in [2.45, 2.75) is 57.9 Å². The molecule has 0 bridgehead atoms. The molecule has 20 heavy (non-hydrogen) atoms. The van der Waals surface area contributed by atoms with Crippen LogP contribution in [0.1, 0.15) is 63.5 Å². The van der Waals surface area contributed by atoms with E-state index < -0.39 is 0 Å². The van der Waals surface area contributed by atoms with Crippen LogP contribution >= 0.6 is 0 Å². The number of likely N-dealkylation sites (tertiary alicyclic amines) is 1. The van der Waals surface area contributed by atoms with Crippen molar-refractivity contribution in [1.82, 2.24) is 4.90 Å². The van der Waals surface area contributed by atoms with Crippen LogP contribution in [0.5, 0.6) is 5.75 Å². The van der Waals surface area contributed by atoms with Gasteiger partial charge in [-0.15, -0.1) is 0 Å². The molecule has 1 spiro atoms. The molecule has 2 aliphatic rings. The highest BCUT2D eigenvalue weighted by Crippen LogP contribution is 2.45. The van der Waals surface area contributed by atoms with E-state index >= 15 is 0 Å². The van der Waals surface area contributed by atoms with E-state index in [4.69, 9.17) is 0 Å². The molecule has 1 unspecified atom stereocenters. The van der Waals surface area contributed by atoms with Gasteiger partial charge in [-0.25, -0.2) is 0 Å². The summed E-state index contributed by atoms with van der Waals surface area (Å²) in [6.07, 6.45) is 10.1. The van der Waals surface area contributed by atoms with Crippen LogP contribution in [0.4, 0.5) is 0 Å². The predicted octanol–water partition coefficient (Wildman–Crippen LogP) is 4.50. The molecular formula is C18H27NO. The second kappa shape index (κ2) is 5.77. The van der Waals surface area contributed by atoms with Gasteiger partial charge in [-0.3, -0.25) is 4.90 Å². The van der Waals surface area contributed by atoms with Crippen LogP contribution < -0.4 is 0 Å². The number of aromatic hydroxyl groups is 1. The Morgan fingerprint density at radius 3 is 2.15 bits per heavy atom. The average Bonchev–Trinajstić information content (AvgIpc) is 2.49. The molecule has 0 amide bonds. The summed E-state index contributed by atoms with van der Waals surface area (Å²) in [5.74, 6) is 0.362. The molecule has 2 heteroatoms. The van der Waals surface area contributed by atoms with Crippen LogP contribution in [-0.2, 0) is 0 Å². The highest BCUT2D eigenvalue weighted by molar-refractivity contribution is 5.27. The Kier molecular flexibility index (Phi) is 4.02. The minimum atomic E-state index is 0.362. The van der Waals surface area contributed by atoms with Crippen molar-refractivity contribution in [2.75, 3.05) is 13.1 Å². The van der Waals surface area contributed by atoms with Crippen LogP contribution in [0.15, 0.2) is 24.3 Å². The second-order valence-electron chi connectivity index (χ2n) is 6.86. The van der Waals surface area contributed by atoms with Crippen molar-refractivity contribution in [3.63, 3.8) is 0 Å². The Balaban J connectivity index is 1.61. The summed E-state index contributed by atoms with van der Waals surface area (Å²) in [7, 11) is 0. The SMILES string of the molecule is CC(c1ccc(O)cc1)N1CCC2(CCCCC2)CC1. The molecule has 1 aromatic carbocycles. The van der Waals surface area contributed by atoms with Crippen LogP contribution in [0.25, 0.3) is 0 Å². The zero-order chi connectivity index (χ0) is 14.0. The Morgan fingerprint density at radius 2 is 1.55 bits per heavy atom. The second-order valence-corrected chi connectivity index (χ2v) is 6.86. The molecule has 2 fully saturated rings. The summed E-state index contributed by atoms with van der Waals surface area (Å²) in [5, 5.41) is 9.40. The van der Waals surface area contributed by atoms with E-state index in [0.29, 0.717) is 17.2 Å². The van der Waals surface area contributed by atoms with E-state index in [9.17, 15) is 5.11 Å². The lowest BCUT2D eigenvalue weighted by Gasteiger charge is -2.46. The summed E-state index contributed by atoms with van der Waals surface area (Å²) in [5.41, 5.74) is 2.01. The van der Waals surface area contributed by atoms with Gasteiger partial charge in [0.25, 0.3) is 0 Å². The normalized spacial score (nSPS) is 24.6. The van der Waals surface area contributed by atoms with Crippen LogP contribution in [0.3, 0.4) is 0 Å². The van der Waals surface area contributed by atoms with Gasteiger partial charge in [-0.2, -0.15) is 0 Å². The molecule has 0 radical (unpaired) electrons. The van der Waals surface area contributed by atoms with Gasteiger partial charge in [0.05, 0.1) is 0 Å². The Bertz CT molecular complexity index is 423. The number of hydrogen-bond donors (Lipinski definition) is 1. The molecule has 3 rings (SSSR count). The summed E-state index contributed by atoms with van der Waals surface area (Å²) in [4.78, 5) is 2.62. The quantitative estimate of drug-likeness (QED) is 0.857. The van der Waals surface area contributed by atoms with Crippen LogP contribution in [0, 0.1) is 5.41 Å². The number of phenolic OH excluding ortho intramolecular Hbond substituents is 1. The van der Waals surface area contributed by atoms with Gasteiger partial charge >= 0.3 is 0 Å². The zero-order valence-corrected chi connectivity index (χ0v) is 12.6. The van der Waals surface area contributed by atoms with Gasteiger partial charge < -0.3 is 5.11 Å². The third-order valence-electron chi connectivity index (χ3n) is 5.70. The summed E-state index contributed by atoms with van der Waals surface area (Å²) >= 11 is 0. The predicted molar refractivity (Wildman–Crippen MR) is 82.8 cm³/mol. The van der Waals surface area contributed by atoms with Crippen molar-refractivity contribution in [3.05, 3.63) is 29.8 Å². The Labute approximate surface area is 122 Å². The third kappa shape index (κ3) is 2.85. The number of nitrogens with zero attached hydrogens (tertiary/aromatic N) is 1. The van der Waals surface area contributed by atoms with Crippen molar-refractivity contribution in [1.29, 1.82) is 0 Å². The molecule has 110 valence electrons. The summed E-state index contributed by atoms with van der Waals surface area (Å²) in [6.45, 7) is 4.77. The molecule has 1 N–H and O–H groups in total. The van der Waals surface area contributed by atoms with Crippen LogP contribution in [-0.4, -0.2) is 23.1 Å². The average molecular weight is 273 g/mol. The van der Waals surface area contributed by atoms with E-state index in [-0.39, 0.29) is 0 Å². The molecule has 2 nitrogen and oxygen atoms in total. The first-order chi connectivity index (χ1) is 9.69. The maximum atomic E-state index is 9.40. The fourth-order valence-corrected chi connectivity index (χ4v) is 4.15. The molecule has 0 aromatic heterocycles. The highest BCUT2D eigenvalue weighted by atomic mass is 16.3. The maximum absolute atomic E-state index is 9.40. The number of hydrogen-bond acceptors (Lipinski definition) is 2.